The van der Waals surface area contributed by atoms with Crippen LogP contribution in [0.1, 0.15) is 15.9 Å². The topological polar surface area (TPSA) is 48.4 Å². The van der Waals surface area contributed by atoms with Crippen LogP contribution in [-0.4, -0.2) is 18.1 Å². The zero-order valence-electron chi connectivity index (χ0n) is 10.3. The van der Waals surface area contributed by atoms with Crippen molar-refractivity contribution in [1.29, 1.82) is 0 Å². The highest BCUT2D eigenvalue weighted by molar-refractivity contribution is 5.89. The minimum absolute atomic E-state index is 0.118. The summed E-state index contributed by atoms with van der Waals surface area (Å²) >= 11 is 0. The van der Waals surface area contributed by atoms with Crippen LogP contribution in [0.2, 0.25) is 0 Å². The summed E-state index contributed by atoms with van der Waals surface area (Å²) in [6, 6.07) is 9.57. The average molecular weight is 261 g/mol. The Hall–Kier alpha value is -2.43. The van der Waals surface area contributed by atoms with Crippen molar-refractivity contribution in [3.8, 4) is 5.75 Å². The summed E-state index contributed by atoms with van der Waals surface area (Å²) < 4.78 is 22.9. The summed E-state index contributed by atoms with van der Waals surface area (Å²) in [6.45, 7) is 0.118. The fourth-order valence-electron chi connectivity index (χ4n) is 1.48. The van der Waals surface area contributed by atoms with Crippen LogP contribution in [0.5, 0.6) is 5.75 Å². The van der Waals surface area contributed by atoms with Gasteiger partial charge in [-0.25, -0.2) is 9.78 Å². The summed E-state index contributed by atoms with van der Waals surface area (Å²) in [6.07, 6.45) is 1.22. The highest BCUT2D eigenvalue weighted by Crippen LogP contribution is 2.12. The Morgan fingerprint density at radius 3 is 2.63 bits per heavy atom. The second-order valence-corrected chi connectivity index (χ2v) is 3.79. The van der Waals surface area contributed by atoms with Gasteiger partial charge in [0.25, 0.3) is 0 Å². The van der Waals surface area contributed by atoms with Gasteiger partial charge in [0, 0.05) is 12.3 Å². The number of benzene rings is 1. The van der Waals surface area contributed by atoms with E-state index in [1.807, 2.05) is 0 Å². The van der Waals surface area contributed by atoms with E-state index >= 15 is 0 Å². The van der Waals surface area contributed by atoms with Crippen molar-refractivity contribution >= 4 is 5.97 Å². The van der Waals surface area contributed by atoms with E-state index in [-0.39, 0.29) is 12.2 Å². The number of rotatable bonds is 4. The Bertz CT molecular complexity index is 569. The summed E-state index contributed by atoms with van der Waals surface area (Å²) in [5.74, 6) is -0.567. The van der Waals surface area contributed by atoms with Crippen LogP contribution in [0.25, 0.3) is 0 Å². The standard InChI is InChI=1S/C14H12FNO3/c1-18-12-4-2-10(3-5-12)9-19-14(17)11-6-7-16-13(15)8-11/h2-8H,9H2,1H3. The molecule has 2 aromatic rings. The first-order valence-electron chi connectivity index (χ1n) is 5.60. The summed E-state index contributed by atoms with van der Waals surface area (Å²) in [4.78, 5) is 15.0. The molecule has 0 radical (unpaired) electrons. The third kappa shape index (κ3) is 3.51. The minimum atomic E-state index is -0.709. The van der Waals surface area contributed by atoms with Gasteiger partial charge in [0.15, 0.2) is 0 Å². The van der Waals surface area contributed by atoms with Crippen LogP contribution in [-0.2, 0) is 11.3 Å². The molecule has 0 bridgehead atoms. The van der Waals surface area contributed by atoms with Crippen molar-refractivity contribution in [1.82, 2.24) is 4.98 Å². The van der Waals surface area contributed by atoms with Crippen molar-refractivity contribution < 1.29 is 18.7 Å². The SMILES string of the molecule is COc1ccc(COC(=O)c2ccnc(F)c2)cc1. The maximum absolute atomic E-state index is 12.8. The molecule has 0 N–H and O–H groups in total. The molecule has 0 aliphatic carbocycles. The number of pyridine rings is 1. The first-order chi connectivity index (χ1) is 9.19. The first-order valence-corrected chi connectivity index (χ1v) is 5.60. The number of methoxy groups -OCH3 is 1. The Morgan fingerprint density at radius 1 is 1.26 bits per heavy atom. The number of aromatic nitrogens is 1. The third-order valence-corrected chi connectivity index (χ3v) is 2.49. The lowest BCUT2D eigenvalue weighted by atomic mass is 10.2. The zero-order valence-corrected chi connectivity index (χ0v) is 10.3. The van der Waals surface area contributed by atoms with E-state index in [2.05, 4.69) is 4.98 Å². The van der Waals surface area contributed by atoms with Crippen molar-refractivity contribution in [2.45, 2.75) is 6.61 Å². The van der Waals surface area contributed by atoms with E-state index in [1.54, 1.807) is 31.4 Å². The molecule has 98 valence electrons. The molecular formula is C14H12FNO3. The van der Waals surface area contributed by atoms with Crippen LogP contribution < -0.4 is 4.74 Å². The normalized spacial score (nSPS) is 10.0. The highest BCUT2D eigenvalue weighted by Gasteiger charge is 2.08. The van der Waals surface area contributed by atoms with Gasteiger partial charge in [0.05, 0.1) is 12.7 Å². The van der Waals surface area contributed by atoms with Crippen LogP contribution in [0.4, 0.5) is 4.39 Å². The van der Waals surface area contributed by atoms with Crippen molar-refractivity contribution in [3.05, 3.63) is 59.7 Å². The van der Waals surface area contributed by atoms with Gasteiger partial charge in [-0.3, -0.25) is 0 Å². The number of esters is 1. The van der Waals surface area contributed by atoms with Crippen LogP contribution >= 0.6 is 0 Å². The van der Waals surface area contributed by atoms with Gasteiger partial charge in [-0.15, -0.1) is 0 Å². The van der Waals surface area contributed by atoms with Gasteiger partial charge in [-0.05, 0) is 23.8 Å². The zero-order chi connectivity index (χ0) is 13.7. The molecule has 0 unspecified atom stereocenters. The fourth-order valence-corrected chi connectivity index (χ4v) is 1.48. The molecule has 0 aliphatic heterocycles. The van der Waals surface area contributed by atoms with Gasteiger partial charge in [0.1, 0.15) is 12.4 Å². The molecule has 0 saturated carbocycles. The second kappa shape index (κ2) is 5.95. The van der Waals surface area contributed by atoms with Gasteiger partial charge in [0.2, 0.25) is 5.95 Å². The number of carbonyl (C=O) groups is 1. The lowest BCUT2D eigenvalue weighted by Gasteiger charge is -2.05. The number of nitrogens with zero attached hydrogens (tertiary/aromatic N) is 1. The van der Waals surface area contributed by atoms with E-state index in [0.29, 0.717) is 0 Å². The first kappa shape index (κ1) is 13.0. The Labute approximate surface area is 109 Å². The number of carbonyl (C=O) groups excluding carboxylic acids is 1. The molecule has 19 heavy (non-hydrogen) atoms. The van der Waals surface area contributed by atoms with E-state index in [9.17, 15) is 9.18 Å². The van der Waals surface area contributed by atoms with E-state index in [0.717, 1.165) is 17.4 Å². The van der Waals surface area contributed by atoms with Crippen molar-refractivity contribution in [3.63, 3.8) is 0 Å². The molecule has 0 fully saturated rings. The van der Waals surface area contributed by atoms with Crippen LogP contribution in [0.15, 0.2) is 42.6 Å². The van der Waals surface area contributed by atoms with E-state index in [1.165, 1.54) is 12.3 Å². The predicted octanol–water partition coefficient (Wildman–Crippen LogP) is 2.59. The molecule has 4 nitrogen and oxygen atoms in total. The minimum Gasteiger partial charge on any atom is -0.497 e. The lowest BCUT2D eigenvalue weighted by molar-refractivity contribution is 0.0472. The third-order valence-electron chi connectivity index (χ3n) is 2.49. The molecule has 0 atom stereocenters. The van der Waals surface area contributed by atoms with Crippen molar-refractivity contribution in [2.24, 2.45) is 0 Å². The van der Waals surface area contributed by atoms with E-state index in [4.69, 9.17) is 9.47 Å². The van der Waals surface area contributed by atoms with Gasteiger partial charge >= 0.3 is 5.97 Å². The quantitative estimate of drug-likeness (QED) is 0.627. The smallest absolute Gasteiger partial charge is 0.338 e. The molecule has 2 rings (SSSR count). The summed E-state index contributed by atoms with van der Waals surface area (Å²) in [5.41, 5.74) is 0.963. The second-order valence-electron chi connectivity index (χ2n) is 3.79. The maximum atomic E-state index is 12.8. The van der Waals surface area contributed by atoms with Crippen LogP contribution in [0, 0.1) is 5.95 Å². The van der Waals surface area contributed by atoms with Crippen LogP contribution in [0.3, 0.4) is 0 Å². The molecule has 5 heteroatoms. The maximum Gasteiger partial charge on any atom is 0.338 e. The van der Waals surface area contributed by atoms with Gasteiger partial charge in [-0.1, -0.05) is 12.1 Å². The van der Waals surface area contributed by atoms with Gasteiger partial charge < -0.3 is 9.47 Å². The molecular weight excluding hydrogens is 249 g/mol. The van der Waals surface area contributed by atoms with E-state index < -0.39 is 11.9 Å². The summed E-state index contributed by atoms with van der Waals surface area (Å²) in [7, 11) is 1.58. The molecule has 0 spiro atoms. The Balaban J connectivity index is 1.96. The monoisotopic (exact) mass is 261 g/mol. The highest BCUT2D eigenvalue weighted by atomic mass is 19.1. The molecule has 0 saturated heterocycles. The number of hydrogen-bond acceptors (Lipinski definition) is 4. The largest absolute Gasteiger partial charge is 0.497 e. The molecule has 1 aromatic carbocycles. The lowest BCUT2D eigenvalue weighted by Crippen LogP contribution is -2.06. The molecule has 0 aliphatic rings. The van der Waals surface area contributed by atoms with Crippen molar-refractivity contribution in [2.75, 3.05) is 7.11 Å². The Morgan fingerprint density at radius 2 is 2.00 bits per heavy atom. The fraction of sp³-hybridized carbons (Fsp3) is 0.143. The number of halogens is 1. The molecule has 0 amide bonds. The van der Waals surface area contributed by atoms with Gasteiger partial charge in [-0.2, -0.15) is 4.39 Å². The Kier molecular flexibility index (Phi) is 4.07. The number of ether oxygens (including phenoxy) is 2. The predicted molar refractivity (Wildman–Crippen MR) is 66.3 cm³/mol. The summed E-state index contributed by atoms with van der Waals surface area (Å²) in [5, 5.41) is 0. The number of hydrogen-bond donors (Lipinski definition) is 0. The molecule has 1 aromatic heterocycles. The average Bonchev–Trinajstić information content (AvgIpc) is 2.45. The molecule has 1 heterocycles.